The second-order valence-corrected chi connectivity index (χ2v) is 6.76. The number of nitrogen functional groups attached to an aromatic ring is 1. The van der Waals surface area contributed by atoms with Crippen molar-refractivity contribution in [3.05, 3.63) is 71.3 Å². The summed E-state index contributed by atoms with van der Waals surface area (Å²) >= 11 is 0. The van der Waals surface area contributed by atoms with E-state index < -0.39 is 11.9 Å². The number of nitrogens with one attached hydrogen (secondary N) is 1. The van der Waals surface area contributed by atoms with Crippen molar-refractivity contribution in [3.63, 3.8) is 0 Å². The van der Waals surface area contributed by atoms with E-state index in [2.05, 4.69) is 4.99 Å². The number of ether oxygens (including phenoxy) is 1. The van der Waals surface area contributed by atoms with Crippen molar-refractivity contribution >= 4 is 40.2 Å². The highest BCUT2D eigenvalue weighted by atomic mass is 16.5. The van der Waals surface area contributed by atoms with E-state index in [1.165, 1.54) is 12.1 Å². The van der Waals surface area contributed by atoms with Gasteiger partial charge in [-0.1, -0.05) is 18.2 Å². The number of carboxylic acids is 1. The molecule has 0 heterocycles. The number of carboxylic acid groups (broad SMARTS) is 1. The van der Waals surface area contributed by atoms with Crippen LogP contribution in [-0.4, -0.2) is 28.8 Å². The summed E-state index contributed by atoms with van der Waals surface area (Å²) in [6.45, 7) is 0. The number of nitrogens with zero attached hydrogens (tertiary/aromatic N) is 1. The Bertz CT molecular complexity index is 1200. The summed E-state index contributed by atoms with van der Waals surface area (Å²) < 4.78 is 5.59. The zero-order valence-electron chi connectivity index (χ0n) is 16.5. The Morgan fingerprint density at radius 3 is 2.26 bits per heavy atom. The van der Waals surface area contributed by atoms with Gasteiger partial charge in [-0.3, -0.25) is 10.2 Å². The Labute approximate surface area is 177 Å². The molecule has 3 aromatic carbocycles. The molecule has 0 aliphatic carbocycles. The molecule has 3 aromatic rings. The van der Waals surface area contributed by atoms with Gasteiger partial charge in [0.05, 0.1) is 11.3 Å². The SMILES string of the molecule is N=C(N)c1ccc2c(CCC(=O)O)c(OC(=O)c3ccc(N=C(N)N)cc3)ccc2c1. The zero-order valence-corrected chi connectivity index (χ0v) is 16.5. The highest BCUT2D eigenvalue weighted by Gasteiger charge is 2.16. The first-order valence-electron chi connectivity index (χ1n) is 9.28. The Kier molecular flexibility index (Phi) is 6.15. The second kappa shape index (κ2) is 8.95. The maximum absolute atomic E-state index is 12.6. The van der Waals surface area contributed by atoms with E-state index in [0.717, 1.165) is 10.8 Å². The smallest absolute Gasteiger partial charge is 0.343 e. The van der Waals surface area contributed by atoms with Crippen LogP contribution in [0.2, 0.25) is 0 Å². The van der Waals surface area contributed by atoms with Crippen molar-refractivity contribution < 1.29 is 19.4 Å². The number of benzene rings is 3. The van der Waals surface area contributed by atoms with Crippen molar-refractivity contribution in [2.75, 3.05) is 0 Å². The van der Waals surface area contributed by atoms with Crippen LogP contribution in [0.1, 0.15) is 27.9 Å². The van der Waals surface area contributed by atoms with Gasteiger partial charge < -0.3 is 27.0 Å². The number of esters is 1. The lowest BCUT2D eigenvalue weighted by Crippen LogP contribution is -2.21. The molecule has 9 heteroatoms. The topological polar surface area (TPSA) is 178 Å². The van der Waals surface area contributed by atoms with Gasteiger partial charge in [-0.25, -0.2) is 9.79 Å². The number of nitrogens with two attached hydrogens (primary N) is 3. The normalized spacial score (nSPS) is 10.5. The number of amidine groups is 1. The van der Waals surface area contributed by atoms with Crippen LogP contribution < -0.4 is 21.9 Å². The molecule has 0 amide bonds. The molecule has 9 nitrogen and oxygen atoms in total. The van der Waals surface area contributed by atoms with Gasteiger partial charge in [-0.15, -0.1) is 0 Å². The van der Waals surface area contributed by atoms with E-state index in [9.17, 15) is 9.59 Å². The second-order valence-electron chi connectivity index (χ2n) is 6.76. The average Bonchev–Trinajstić information content (AvgIpc) is 2.72. The number of aliphatic imine (C=N–C) groups is 1. The van der Waals surface area contributed by atoms with Gasteiger partial charge in [0.1, 0.15) is 11.6 Å². The van der Waals surface area contributed by atoms with Crippen molar-refractivity contribution in [3.8, 4) is 5.75 Å². The number of carbonyl (C=O) groups excluding carboxylic acids is 1. The fourth-order valence-corrected chi connectivity index (χ4v) is 3.11. The molecule has 0 fully saturated rings. The van der Waals surface area contributed by atoms with Gasteiger partial charge in [0.25, 0.3) is 0 Å². The third-order valence-corrected chi connectivity index (χ3v) is 4.55. The molecule has 0 radical (unpaired) electrons. The van der Waals surface area contributed by atoms with E-state index in [1.807, 2.05) is 0 Å². The first-order valence-corrected chi connectivity index (χ1v) is 9.28. The highest BCUT2D eigenvalue weighted by Crippen LogP contribution is 2.31. The summed E-state index contributed by atoms with van der Waals surface area (Å²) in [5.74, 6) is -1.48. The molecule has 8 N–H and O–H groups in total. The number of hydrogen-bond acceptors (Lipinski definition) is 5. The van der Waals surface area contributed by atoms with Crippen LogP contribution in [0.4, 0.5) is 5.69 Å². The molecule has 0 unspecified atom stereocenters. The summed E-state index contributed by atoms with van der Waals surface area (Å²) in [7, 11) is 0. The lowest BCUT2D eigenvalue weighted by molar-refractivity contribution is -0.136. The third kappa shape index (κ3) is 5.15. The van der Waals surface area contributed by atoms with E-state index in [4.69, 9.17) is 32.5 Å². The molecule has 0 spiro atoms. The minimum Gasteiger partial charge on any atom is -0.481 e. The Morgan fingerprint density at radius 2 is 1.65 bits per heavy atom. The van der Waals surface area contributed by atoms with E-state index >= 15 is 0 Å². The summed E-state index contributed by atoms with van der Waals surface area (Å²) in [5.41, 5.74) is 18.1. The van der Waals surface area contributed by atoms with Crippen LogP contribution in [0.5, 0.6) is 5.75 Å². The number of hydrogen-bond donors (Lipinski definition) is 5. The van der Waals surface area contributed by atoms with Crippen LogP contribution in [0.15, 0.2) is 59.6 Å². The van der Waals surface area contributed by atoms with E-state index in [-0.39, 0.29) is 35.9 Å². The number of aliphatic carboxylic acids is 1. The molecule has 0 aromatic heterocycles. The van der Waals surface area contributed by atoms with E-state index in [0.29, 0.717) is 16.8 Å². The molecule has 31 heavy (non-hydrogen) atoms. The van der Waals surface area contributed by atoms with Gasteiger partial charge in [0.2, 0.25) is 0 Å². The number of carbonyl (C=O) groups is 2. The van der Waals surface area contributed by atoms with Crippen LogP contribution in [-0.2, 0) is 11.2 Å². The fraction of sp³-hybridized carbons (Fsp3) is 0.0909. The highest BCUT2D eigenvalue weighted by molar-refractivity contribution is 6.00. The van der Waals surface area contributed by atoms with Crippen LogP contribution in [0, 0.1) is 5.41 Å². The fourth-order valence-electron chi connectivity index (χ4n) is 3.11. The van der Waals surface area contributed by atoms with E-state index in [1.54, 1.807) is 42.5 Å². The molecule has 3 rings (SSSR count). The lowest BCUT2D eigenvalue weighted by Gasteiger charge is -2.14. The molecule has 0 aliphatic rings. The predicted molar refractivity (Wildman–Crippen MR) is 118 cm³/mol. The Morgan fingerprint density at radius 1 is 0.968 bits per heavy atom. The van der Waals surface area contributed by atoms with Crippen molar-refractivity contribution in [1.29, 1.82) is 5.41 Å². The average molecular weight is 419 g/mol. The van der Waals surface area contributed by atoms with Crippen molar-refractivity contribution in [1.82, 2.24) is 0 Å². The number of guanidine groups is 1. The zero-order chi connectivity index (χ0) is 22.5. The number of fused-ring (bicyclic) bond motifs is 1. The Hall–Kier alpha value is -4.40. The third-order valence-electron chi connectivity index (χ3n) is 4.55. The Balaban J connectivity index is 1.96. The van der Waals surface area contributed by atoms with Crippen LogP contribution >= 0.6 is 0 Å². The van der Waals surface area contributed by atoms with Gasteiger partial charge in [-0.2, -0.15) is 0 Å². The van der Waals surface area contributed by atoms with Gasteiger partial charge >= 0.3 is 11.9 Å². The minimum absolute atomic E-state index is 0.0753. The first kappa shape index (κ1) is 21.3. The van der Waals surface area contributed by atoms with Crippen molar-refractivity contribution in [2.24, 2.45) is 22.2 Å². The van der Waals surface area contributed by atoms with Gasteiger partial charge in [0.15, 0.2) is 5.96 Å². The van der Waals surface area contributed by atoms with Crippen LogP contribution in [0.3, 0.4) is 0 Å². The molecular weight excluding hydrogens is 398 g/mol. The maximum Gasteiger partial charge on any atom is 0.343 e. The van der Waals surface area contributed by atoms with Crippen LogP contribution in [0.25, 0.3) is 10.8 Å². The predicted octanol–water partition coefficient (Wildman–Crippen LogP) is 2.27. The molecule has 0 aliphatic heterocycles. The number of rotatable bonds is 7. The summed E-state index contributed by atoms with van der Waals surface area (Å²) in [5, 5.41) is 18.2. The lowest BCUT2D eigenvalue weighted by atomic mass is 9.97. The minimum atomic E-state index is -0.968. The van der Waals surface area contributed by atoms with Gasteiger partial charge in [-0.05, 0) is 53.6 Å². The summed E-state index contributed by atoms with van der Waals surface area (Å²) in [4.78, 5) is 27.7. The monoisotopic (exact) mass is 419 g/mol. The quantitative estimate of drug-likeness (QED) is 0.169. The van der Waals surface area contributed by atoms with Gasteiger partial charge in [0, 0.05) is 17.5 Å². The summed E-state index contributed by atoms with van der Waals surface area (Å²) in [6.07, 6.45) is 0.0312. The molecular formula is C22H21N5O4. The largest absolute Gasteiger partial charge is 0.481 e. The first-order chi connectivity index (χ1) is 14.7. The molecule has 0 saturated carbocycles. The molecule has 0 atom stereocenters. The maximum atomic E-state index is 12.6. The standard InChI is InChI=1S/C22H21N5O4/c23-20(24)14-3-7-16-13(11-14)4-9-18(17(16)8-10-19(28)29)31-21(30)12-1-5-15(6-2-12)27-22(25)26/h1-7,9,11H,8,10H2,(H3,23,24)(H,28,29)(H4,25,26,27). The summed E-state index contributed by atoms with van der Waals surface area (Å²) in [6, 6.07) is 14.7. The number of aryl methyl sites for hydroxylation is 1. The van der Waals surface area contributed by atoms with Crippen molar-refractivity contribution in [2.45, 2.75) is 12.8 Å². The molecule has 0 saturated heterocycles. The molecule has 158 valence electrons. The molecule has 0 bridgehead atoms.